The van der Waals surface area contributed by atoms with E-state index in [-0.39, 0.29) is 24.1 Å². The van der Waals surface area contributed by atoms with E-state index in [1.54, 1.807) is 11.5 Å². The molecule has 208 valence electrons. The van der Waals surface area contributed by atoms with Crippen LogP contribution >= 0.6 is 11.3 Å². The van der Waals surface area contributed by atoms with Crippen LogP contribution in [0, 0.1) is 5.92 Å². The fourth-order valence-corrected chi connectivity index (χ4v) is 6.61. The number of amides is 1. The van der Waals surface area contributed by atoms with Gasteiger partial charge in [0.05, 0.1) is 11.0 Å². The molecule has 0 aliphatic heterocycles. The summed E-state index contributed by atoms with van der Waals surface area (Å²) < 4.78 is 12.9. The number of esters is 1. The Morgan fingerprint density at radius 2 is 1.62 bits per heavy atom. The molecule has 1 amide bonds. The second-order valence-corrected chi connectivity index (χ2v) is 11.8. The molecule has 39 heavy (non-hydrogen) atoms. The maximum Gasteiger partial charge on any atom is 0.323 e. The predicted octanol–water partition coefficient (Wildman–Crippen LogP) is 5.06. The first kappa shape index (κ1) is 27.6. The van der Waals surface area contributed by atoms with Crippen LogP contribution in [-0.2, 0) is 22.6 Å². The molecule has 8 nitrogen and oxygen atoms in total. The first-order chi connectivity index (χ1) is 19.0. The molecule has 2 fully saturated rings. The molecule has 9 heteroatoms. The van der Waals surface area contributed by atoms with E-state index in [9.17, 15) is 9.59 Å². The number of thiophene rings is 1. The molecule has 0 bridgehead atoms. The molecular weight excluding hydrogens is 514 g/mol. The van der Waals surface area contributed by atoms with Crippen LogP contribution in [0.25, 0.3) is 10.1 Å². The fraction of sp³-hybridized carbons (Fsp3) is 0.467. The Hall–Kier alpha value is -2.98. The molecule has 0 saturated heterocycles. The van der Waals surface area contributed by atoms with Gasteiger partial charge in [-0.3, -0.25) is 14.8 Å². The lowest BCUT2D eigenvalue weighted by Crippen LogP contribution is -2.43. The van der Waals surface area contributed by atoms with Gasteiger partial charge in [0.15, 0.2) is 0 Å². The van der Waals surface area contributed by atoms with Gasteiger partial charge in [0.1, 0.15) is 17.9 Å². The second kappa shape index (κ2) is 12.9. The van der Waals surface area contributed by atoms with Crippen molar-refractivity contribution in [1.29, 1.82) is 0 Å². The van der Waals surface area contributed by atoms with E-state index in [1.807, 2.05) is 24.3 Å². The van der Waals surface area contributed by atoms with Crippen LogP contribution in [0.1, 0.15) is 72.2 Å². The Morgan fingerprint density at radius 3 is 2.33 bits per heavy atom. The highest BCUT2D eigenvalue weighted by atomic mass is 32.1. The number of hydrogen-bond acceptors (Lipinski definition) is 8. The average Bonchev–Trinajstić information content (AvgIpc) is 3.63. The van der Waals surface area contributed by atoms with E-state index in [0.29, 0.717) is 11.4 Å². The third-order valence-corrected chi connectivity index (χ3v) is 8.97. The SMILES string of the molecule is N[C@H](C(=O)OC1CCCC1)C1CCC(Oc2ccc(CNCc3ccc4cc(C(=O)NO)sc4c3)cc2)CC1. The minimum atomic E-state index is -0.532. The summed E-state index contributed by atoms with van der Waals surface area (Å²) in [5.74, 6) is 0.299. The maximum absolute atomic E-state index is 12.4. The van der Waals surface area contributed by atoms with E-state index in [4.69, 9.17) is 20.4 Å². The highest BCUT2D eigenvalue weighted by Crippen LogP contribution is 2.31. The zero-order valence-corrected chi connectivity index (χ0v) is 22.9. The van der Waals surface area contributed by atoms with Gasteiger partial charge in [-0.15, -0.1) is 11.3 Å². The van der Waals surface area contributed by atoms with Crippen LogP contribution < -0.4 is 21.3 Å². The minimum Gasteiger partial charge on any atom is -0.490 e. The van der Waals surface area contributed by atoms with Gasteiger partial charge < -0.3 is 20.5 Å². The summed E-state index contributed by atoms with van der Waals surface area (Å²) >= 11 is 1.36. The first-order valence-corrected chi connectivity index (χ1v) is 14.7. The Balaban J connectivity index is 1.04. The molecule has 2 aliphatic rings. The van der Waals surface area contributed by atoms with Gasteiger partial charge in [0.25, 0.3) is 5.91 Å². The number of hydroxylamine groups is 1. The van der Waals surface area contributed by atoms with E-state index in [2.05, 4.69) is 23.5 Å². The Bertz CT molecular complexity index is 1260. The summed E-state index contributed by atoms with van der Waals surface area (Å²) in [5.41, 5.74) is 10.2. The molecule has 1 aromatic heterocycles. The van der Waals surface area contributed by atoms with Gasteiger partial charge in [-0.05, 0) is 98.1 Å². The lowest BCUT2D eigenvalue weighted by Gasteiger charge is -2.31. The second-order valence-electron chi connectivity index (χ2n) is 10.7. The summed E-state index contributed by atoms with van der Waals surface area (Å²) in [7, 11) is 0. The highest BCUT2D eigenvalue weighted by molar-refractivity contribution is 7.20. The van der Waals surface area contributed by atoms with Crippen molar-refractivity contribution in [3.63, 3.8) is 0 Å². The fourth-order valence-electron chi connectivity index (χ4n) is 5.59. The van der Waals surface area contributed by atoms with Crippen LogP contribution in [0.15, 0.2) is 48.5 Å². The molecule has 3 aromatic rings. The highest BCUT2D eigenvalue weighted by Gasteiger charge is 2.32. The van der Waals surface area contributed by atoms with Crippen molar-refractivity contribution in [2.75, 3.05) is 0 Å². The molecule has 1 heterocycles. The number of nitrogens with two attached hydrogens (primary N) is 1. The quantitative estimate of drug-likeness (QED) is 0.158. The monoisotopic (exact) mass is 551 g/mol. The van der Waals surface area contributed by atoms with E-state index >= 15 is 0 Å². The lowest BCUT2D eigenvalue weighted by molar-refractivity contribution is -0.152. The van der Waals surface area contributed by atoms with Crippen molar-refractivity contribution < 1.29 is 24.3 Å². The smallest absolute Gasteiger partial charge is 0.323 e. The largest absolute Gasteiger partial charge is 0.490 e. The van der Waals surface area contributed by atoms with Gasteiger partial charge >= 0.3 is 5.97 Å². The van der Waals surface area contributed by atoms with Crippen molar-refractivity contribution >= 4 is 33.3 Å². The zero-order valence-electron chi connectivity index (χ0n) is 22.1. The molecule has 5 rings (SSSR count). The van der Waals surface area contributed by atoms with Crippen LogP contribution in [-0.4, -0.2) is 35.3 Å². The van der Waals surface area contributed by atoms with E-state index in [1.165, 1.54) is 11.3 Å². The van der Waals surface area contributed by atoms with Crippen LogP contribution in [0.5, 0.6) is 5.75 Å². The lowest BCUT2D eigenvalue weighted by atomic mass is 9.83. The zero-order chi connectivity index (χ0) is 27.2. The van der Waals surface area contributed by atoms with E-state index < -0.39 is 11.9 Å². The number of ether oxygens (including phenoxy) is 2. The molecule has 5 N–H and O–H groups in total. The molecule has 2 aliphatic carbocycles. The number of carbonyl (C=O) groups is 2. The van der Waals surface area contributed by atoms with Crippen LogP contribution in [0.2, 0.25) is 0 Å². The van der Waals surface area contributed by atoms with Crippen LogP contribution in [0.3, 0.4) is 0 Å². The number of carbonyl (C=O) groups excluding carboxylic acids is 2. The number of rotatable bonds is 10. The van der Waals surface area contributed by atoms with E-state index in [0.717, 1.165) is 84.9 Å². The summed E-state index contributed by atoms with van der Waals surface area (Å²) in [6.45, 7) is 1.42. The van der Waals surface area contributed by atoms with Crippen molar-refractivity contribution in [3.05, 3.63) is 64.5 Å². The molecular formula is C30H37N3O5S. The third-order valence-electron chi connectivity index (χ3n) is 7.88. The predicted molar refractivity (Wildman–Crippen MR) is 151 cm³/mol. The molecule has 0 spiro atoms. The molecule has 2 aromatic carbocycles. The summed E-state index contributed by atoms with van der Waals surface area (Å²) in [6.07, 6.45) is 7.94. The van der Waals surface area contributed by atoms with Crippen molar-refractivity contribution in [2.45, 2.75) is 82.7 Å². The standard InChI is InChI=1S/C30H37N3O5S/c31-28(30(35)38-23-3-1-2-4-23)21-9-13-25(14-10-21)37-24-11-6-19(7-12-24)17-32-18-20-5-8-22-16-27(29(34)33-36)39-26(22)15-20/h5-8,11-12,15-16,21,23,25,28,32,36H,1-4,9-10,13-14,17-18,31H2,(H,33,34)/t21?,25?,28-/m0/s1. The number of benzene rings is 2. The molecule has 1 atom stereocenters. The van der Waals surface area contributed by atoms with Gasteiger partial charge in [-0.1, -0.05) is 24.3 Å². The summed E-state index contributed by atoms with van der Waals surface area (Å²) in [5, 5.41) is 13.3. The molecule has 0 radical (unpaired) electrons. The Morgan fingerprint density at radius 1 is 0.923 bits per heavy atom. The Labute approximate surface area is 232 Å². The van der Waals surface area contributed by atoms with Crippen molar-refractivity contribution in [2.24, 2.45) is 11.7 Å². The molecule has 2 saturated carbocycles. The maximum atomic E-state index is 12.4. The topological polar surface area (TPSA) is 123 Å². The normalized spacial score (nSPS) is 20.6. The first-order valence-electron chi connectivity index (χ1n) is 13.9. The minimum absolute atomic E-state index is 0.0642. The van der Waals surface area contributed by atoms with Crippen molar-refractivity contribution in [1.82, 2.24) is 10.8 Å². The average molecular weight is 552 g/mol. The van der Waals surface area contributed by atoms with Crippen LogP contribution in [0.4, 0.5) is 0 Å². The number of nitrogens with one attached hydrogen (secondary N) is 2. The Kier molecular flexibility index (Phi) is 9.13. The van der Waals surface area contributed by atoms with Gasteiger partial charge in [0.2, 0.25) is 0 Å². The summed E-state index contributed by atoms with van der Waals surface area (Å²) in [6, 6.07) is 15.5. The number of fused-ring (bicyclic) bond motifs is 1. The summed E-state index contributed by atoms with van der Waals surface area (Å²) in [4.78, 5) is 24.6. The van der Waals surface area contributed by atoms with Gasteiger partial charge in [-0.2, -0.15) is 0 Å². The third kappa shape index (κ3) is 7.16. The van der Waals surface area contributed by atoms with Gasteiger partial charge in [-0.25, -0.2) is 5.48 Å². The van der Waals surface area contributed by atoms with Gasteiger partial charge in [0, 0.05) is 17.8 Å². The number of hydrogen-bond donors (Lipinski definition) is 4. The molecule has 0 unspecified atom stereocenters. The van der Waals surface area contributed by atoms with Crippen molar-refractivity contribution in [3.8, 4) is 5.75 Å².